The number of aryl methyl sites for hydroxylation is 1. The molecule has 0 atom stereocenters. The smallest absolute Gasteiger partial charge is 0.251 e. The number of carbonyl (C=O) groups is 2. The van der Waals surface area contributed by atoms with E-state index in [9.17, 15) is 9.59 Å². The molecule has 0 saturated heterocycles. The first-order valence-corrected chi connectivity index (χ1v) is 11.0. The van der Waals surface area contributed by atoms with Crippen LogP contribution in [-0.2, 0) is 11.8 Å². The van der Waals surface area contributed by atoms with Crippen molar-refractivity contribution in [2.45, 2.75) is 6.92 Å². The number of hydrogen-bond acceptors (Lipinski definition) is 6. The minimum absolute atomic E-state index is 0.127. The zero-order chi connectivity index (χ0) is 25.1. The van der Waals surface area contributed by atoms with Crippen molar-refractivity contribution < 1.29 is 14.7 Å². The van der Waals surface area contributed by atoms with Crippen LogP contribution >= 0.6 is 0 Å². The van der Waals surface area contributed by atoms with E-state index < -0.39 is 0 Å². The summed E-state index contributed by atoms with van der Waals surface area (Å²) in [4.78, 5) is 32.9. The minimum atomic E-state index is -0.265. The molecule has 2 heterocycles. The van der Waals surface area contributed by atoms with Gasteiger partial charge in [-0.3, -0.25) is 9.59 Å². The van der Waals surface area contributed by atoms with Gasteiger partial charge in [0.1, 0.15) is 17.8 Å². The van der Waals surface area contributed by atoms with Gasteiger partial charge in [-0.2, -0.15) is 0 Å². The molecule has 4 aromatic rings. The number of nitrogen functional groups attached to an aromatic ring is 1. The fraction of sp³-hybridized carbons (Fsp3) is 0.154. The number of nitrogens with one attached hydrogen (secondary N) is 2. The Morgan fingerprint density at radius 3 is 2.34 bits per heavy atom. The molecule has 2 aromatic carbocycles. The Balaban J connectivity index is 1.82. The lowest BCUT2D eigenvalue weighted by Gasteiger charge is -2.11. The number of rotatable bonds is 7. The van der Waals surface area contributed by atoms with Crippen molar-refractivity contribution in [3.05, 3.63) is 72.6 Å². The third-order valence-corrected chi connectivity index (χ3v) is 5.63. The molecule has 0 spiro atoms. The van der Waals surface area contributed by atoms with E-state index in [1.54, 1.807) is 19.1 Å². The molecule has 0 aliphatic heterocycles. The van der Waals surface area contributed by atoms with Gasteiger partial charge in [0.25, 0.3) is 11.8 Å². The molecule has 5 N–H and O–H groups in total. The summed E-state index contributed by atoms with van der Waals surface area (Å²) in [7, 11) is 1.90. The second kappa shape index (κ2) is 9.78. The molecule has 35 heavy (non-hydrogen) atoms. The number of fused-ring (bicyclic) bond motifs is 1. The normalized spacial score (nSPS) is 10.8. The quantitative estimate of drug-likeness (QED) is 0.307. The molecule has 0 saturated carbocycles. The molecule has 4 rings (SSSR count). The summed E-state index contributed by atoms with van der Waals surface area (Å²) in [6, 6.07) is 14.6. The van der Waals surface area contributed by atoms with Crippen LogP contribution in [0, 0.1) is 0 Å². The first-order chi connectivity index (χ1) is 16.8. The third-order valence-electron chi connectivity index (χ3n) is 5.63. The van der Waals surface area contributed by atoms with E-state index in [1.807, 2.05) is 48.0 Å². The molecule has 0 fully saturated rings. The van der Waals surface area contributed by atoms with Crippen LogP contribution in [0.5, 0.6) is 0 Å². The summed E-state index contributed by atoms with van der Waals surface area (Å²) in [5.41, 5.74) is 11.9. The number of nitrogens with two attached hydrogens (primary N) is 1. The lowest BCUT2D eigenvalue weighted by Crippen LogP contribution is -2.26. The number of nitrogens with zero attached hydrogens (tertiary/aromatic N) is 3. The van der Waals surface area contributed by atoms with Crippen molar-refractivity contribution in [2.75, 3.05) is 24.2 Å². The fourth-order valence-corrected chi connectivity index (χ4v) is 3.90. The number of aromatic nitrogens is 3. The second-order valence-electron chi connectivity index (χ2n) is 8.11. The Labute approximate surface area is 202 Å². The van der Waals surface area contributed by atoms with Crippen LogP contribution in [-0.4, -0.2) is 44.6 Å². The predicted molar refractivity (Wildman–Crippen MR) is 137 cm³/mol. The number of anilines is 2. The zero-order valence-electron chi connectivity index (χ0n) is 19.5. The highest BCUT2D eigenvalue weighted by molar-refractivity contribution is 6.08. The van der Waals surface area contributed by atoms with E-state index in [-0.39, 0.29) is 25.0 Å². The number of hydrogen-bond donors (Lipinski definition) is 4. The number of aliphatic hydroxyl groups excluding tert-OH is 1. The summed E-state index contributed by atoms with van der Waals surface area (Å²) in [5.74, 6) is -0.157. The van der Waals surface area contributed by atoms with Gasteiger partial charge in [-0.05, 0) is 42.3 Å². The van der Waals surface area contributed by atoms with Gasteiger partial charge in [0.2, 0.25) is 0 Å². The van der Waals surface area contributed by atoms with Crippen LogP contribution < -0.4 is 16.4 Å². The molecule has 9 heteroatoms. The standard InChI is InChI=1S/C26H26N6O3/c1-15(2)25(34)31-19-10-8-17(9-11-19)22-20(21-23(27)29-14-30-24(21)32(22)3)16-4-6-18(7-5-16)26(35)28-12-13-33/h4-11,14,33H,1,12-13H2,2-3H3,(H,28,35)(H,31,34)(H2,27,29,30). The van der Waals surface area contributed by atoms with Gasteiger partial charge in [-0.1, -0.05) is 30.8 Å². The number of aliphatic hydroxyl groups is 1. The fourth-order valence-electron chi connectivity index (χ4n) is 3.90. The Hall–Kier alpha value is -4.50. The molecule has 178 valence electrons. The monoisotopic (exact) mass is 470 g/mol. The van der Waals surface area contributed by atoms with Crippen molar-refractivity contribution in [3.8, 4) is 22.4 Å². The maximum atomic E-state index is 12.3. The van der Waals surface area contributed by atoms with E-state index in [1.165, 1.54) is 6.33 Å². The van der Waals surface area contributed by atoms with Gasteiger partial charge in [0.05, 0.1) is 17.7 Å². The molecular weight excluding hydrogens is 444 g/mol. The molecule has 0 aliphatic carbocycles. The molecule has 2 amide bonds. The van der Waals surface area contributed by atoms with Gasteiger partial charge < -0.3 is 26.0 Å². The minimum Gasteiger partial charge on any atom is -0.395 e. The number of amides is 2. The summed E-state index contributed by atoms with van der Waals surface area (Å²) >= 11 is 0. The van der Waals surface area contributed by atoms with E-state index in [4.69, 9.17) is 10.8 Å². The molecule has 0 aliphatic rings. The first-order valence-electron chi connectivity index (χ1n) is 11.0. The maximum Gasteiger partial charge on any atom is 0.251 e. The van der Waals surface area contributed by atoms with Crippen LogP contribution in [0.25, 0.3) is 33.4 Å². The van der Waals surface area contributed by atoms with Crippen LogP contribution in [0.1, 0.15) is 17.3 Å². The highest BCUT2D eigenvalue weighted by atomic mass is 16.3. The third kappa shape index (κ3) is 4.62. The summed E-state index contributed by atoms with van der Waals surface area (Å²) < 4.78 is 1.95. The van der Waals surface area contributed by atoms with Crippen molar-refractivity contribution in [1.82, 2.24) is 19.9 Å². The second-order valence-corrected chi connectivity index (χ2v) is 8.11. The Bertz CT molecular complexity index is 1420. The van der Waals surface area contributed by atoms with E-state index in [0.717, 1.165) is 22.4 Å². The Morgan fingerprint density at radius 1 is 1.06 bits per heavy atom. The van der Waals surface area contributed by atoms with Crippen LogP contribution in [0.4, 0.5) is 11.5 Å². The van der Waals surface area contributed by atoms with E-state index >= 15 is 0 Å². The first kappa shape index (κ1) is 23.7. The summed E-state index contributed by atoms with van der Waals surface area (Å²) in [5, 5.41) is 15.1. The van der Waals surface area contributed by atoms with Gasteiger partial charge >= 0.3 is 0 Å². The van der Waals surface area contributed by atoms with Crippen LogP contribution in [0.15, 0.2) is 67.0 Å². The van der Waals surface area contributed by atoms with Gasteiger partial charge in [0, 0.05) is 36.0 Å². The molecule has 0 unspecified atom stereocenters. The molecule has 2 aromatic heterocycles. The van der Waals surface area contributed by atoms with Crippen LogP contribution in [0.3, 0.4) is 0 Å². The maximum absolute atomic E-state index is 12.3. The van der Waals surface area contributed by atoms with E-state index in [2.05, 4.69) is 27.2 Å². The van der Waals surface area contributed by atoms with Crippen molar-refractivity contribution >= 4 is 34.4 Å². The predicted octanol–water partition coefficient (Wildman–Crippen LogP) is 3.12. The average Bonchev–Trinajstić information content (AvgIpc) is 3.16. The Morgan fingerprint density at radius 2 is 1.71 bits per heavy atom. The summed E-state index contributed by atoms with van der Waals surface area (Å²) in [6.07, 6.45) is 1.43. The highest BCUT2D eigenvalue weighted by Crippen LogP contribution is 2.41. The van der Waals surface area contributed by atoms with Gasteiger partial charge in [0.15, 0.2) is 0 Å². The number of carbonyl (C=O) groups excluding carboxylic acids is 2. The Kier molecular flexibility index (Phi) is 6.61. The molecule has 0 bridgehead atoms. The highest BCUT2D eigenvalue weighted by Gasteiger charge is 2.22. The lowest BCUT2D eigenvalue weighted by atomic mass is 9.97. The lowest BCUT2D eigenvalue weighted by molar-refractivity contribution is -0.112. The SMILES string of the molecule is C=C(C)C(=O)Nc1ccc(-c2c(-c3ccc(C(=O)NCCO)cc3)c3c(N)ncnc3n2C)cc1. The van der Waals surface area contributed by atoms with Gasteiger partial charge in [-0.15, -0.1) is 0 Å². The van der Waals surface area contributed by atoms with E-state index in [0.29, 0.717) is 33.7 Å². The van der Waals surface area contributed by atoms with Crippen LogP contribution in [0.2, 0.25) is 0 Å². The van der Waals surface area contributed by atoms with Crippen molar-refractivity contribution in [1.29, 1.82) is 0 Å². The topological polar surface area (TPSA) is 135 Å². The molecular formula is C26H26N6O3. The van der Waals surface area contributed by atoms with Gasteiger partial charge in [-0.25, -0.2) is 9.97 Å². The summed E-state index contributed by atoms with van der Waals surface area (Å²) in [6.45, 7) is 5.37. The molecule has 9 nitrogen and oxygen atoms in total. The van der Waals surface area contributed by atoms with Crippen molar-refractivity contribution in [3.63, 3.8) is 0 Å². The molecule has 0 radical (unpaired) electrons. The largest absolute Gasteiger partial charge is 0.395 e. The van der Waals surface area contributed by atoms with Crippen molar-refractivity contribution in [2.24, 2.45) is 7.05 Å². The number of benzene rings is 2. The zero-order valence-corrected chi connectivity index (χ0v) is 19.5. The average molecular weight is 471 g/mol.